The van der Waals surface area contributed by atoms with Gasteiger partial charge in [0.2, 0.25) is 0 Å². The molecule has 106 valence electrons. The molecule has 1 aromatic heterocycles. The van der Waals surface area contributed by atoms with Gasteiger partial charge in [-0.1, -0.05) is 6.07 Å². The van der Waals surface area contributed by atoms with Crippen LogP contribution in [0, 0.1) is 0 Å². The number of aromatic nitrogens is 2. The van der Waals surface area contributed by atoms with E-state index < -0.39 is 19.2 Å². The molecule has 7 nitrogen and oxygen atoms in total. The monoisotopic (exact) mass is 286 g/mol. The average Bonchev–Trinajstić information content (AvgIpc) is 2.75. The zero-order valence-electron chi connectivity index (χ0n) is 10.8. The number of nitrogens with zero attached hydrogens (tertiary/aromatic N) is 2. The lowest BCUT2D eigenvalue weighted by atomic mass is 9.79. The lowest BCUT2D eigenvalue weighted by molar-refractivity contribution is -0.138. The summed E-state index contributed by atoms with van der Waals surface area (Å²) in [5.74, 6) is -0.545. The molecule has 1 aliphatic heterocycles. The molecule has 0 radical (unpaired) electrons. The van der Waals surface area contributed by atoms with Crippen LogP contribution in [0.3, 0.4) is 0 Å². The Hall–Kier alpha value is -2.45. The summed E-state index contributed by atoms with van der Waals surface area (Å²) in [6.07, 6.45) is 2.24. The zero-order chi connectivity index (χ0) is 14.8. The Balaban J connectivity index is 1.85. The van der Waals surface area contributed by atoms with E-state index in [1.54, 1.807) is 36.7 Å². The normalized spacial score (nSPS) is 16.6. The Labute approximate surface area is 120 Å². The van der Waals surface area contributed by atoms with Crippen LogP contribution in [-0.2, 0) is 9.45 Å². The first-order chi connectivity index (χ1) is 10.1. The summed E-state index contributed by atoms with van der Waals surface area (Å²) >= 11 is 0. The Kier molecular flexibility index (Phi) is 3.55. The first kappa shape index (κ1) is 13.5. The van der Waals surface area contributed by atoms with Gasteiger partial charge in [0.1, 0.15) is 5.75 Å². The number of rotatable bonds is 4. The second-order valence-electron chi connectivity index (χ2n) is 4.50. The Morgan fingerprint density at radius 2 is 2.14 bits per heavy atom. The second kappa shape index (κ2) is 5.51. The largest absolute Gasteiger partial charge is 0.492 e. The molecule has 8 heteroatoms. The van der Waals surface area contributed by atoms with E-state index in [1.165, 1.54) is 0 Å². The summed E-state index contributed by atoms with van der Waals surface area (Å²) in [6, 6.07) is 6.79. The van der Waals surface area contributed by atoms with E-state index in [0.717, 1.165) is 0 Å². The molecule has 0 aliphatic carbocycles. The highest BCUT2D eigenvalue weighted by atomic mass is 16.5. The molecule has 2 aromatic rings. The molecule has 0 saturated carbocycles. The fourth-order valence-corrected chi connectivity index (χ4v) is 2.19. The number of hydrogen-bond acceptors (Lipinski definition) is 6. The van der Waals surface area contributed by atoms with Gasteiger partial charge in [0, 0.05) is 12.4 Å². The first-order valence-corrected chi connectivity index (χ1v) is 6.27. The third kappa shape index (κ3) is 2.86. The van der Waals surface area contributed by atoms with E-state index in [1.807, 2.05) is 0 Å². The molecular weight excluding hydrogens is 275 g/mol. The van der Waals surface area contributed by atoms with Crippen LogP contribution in [0.4, 0.5) is 0 Å². The zero-order valence-corrected chi connectivity index (χ0v) is 10.8. The van der Waals surface area contributed by atoms with Crippen LogP contribution in [0.1, 0.15) is 18.1 Å². The van der Waals surface area contributed by atoms with E-state index in [9.17, 15) is 9.82 Å². The lowest BCUT2D eigenvalue weighted by Gasteiger charge is -2.09. The summed E-state index contributed by atoms with van der Waals surface area (Å²) in [5.41, 5.74) is 1.14. The lowest BCUT2D eigenvalue weighted by Crippen LogP contribution is -2.28. The minimum absolute atomic E-state index is 0.188. The fraction of sp³-hybridized carbons (Fsp3) is 0.154. The molecule has 2 N–H and O–H groups in total. The molecule has 0 spiro atoms. The highest BCUT2D eigenvalue weighted by molar-refractivity contribution is 6.61. The fourth-order valence-electron chi connectivity index (χ4n) is 2.19. The molecular formula is C13H11BN2O5. The molecule has 21 heavy (non-hydrogen) atoms. The highest BCUT2D eigenvalue weighted by Crippen LogP contribution is 2.29. The number of ether oxygens (including phenoxy) is 1. The van der Waals surface area contributed by atoms with Crippen LogP contribution >= 0.6 is 0 Å². The van der Waals surface area contributed by atoms with Gasteiger partial charge in [-0.15, -0.1) is 0 Å². The van der Waals surface area contributed by atoms with Gasteiger partial charge in [0.25, 0.3) is 0 Å². The van der Waals surface area contributed by atoms with Crippen molar-refractivity contribution in [1.29, 1.82) is 0 Å². The molecule has 1 aromatic carbocycles. The maximum Gasteiger partial charge on any atom is 0.492 e. The Morgan fingerprint density at radius 3 is 2.86 bits per heavy atom. The van der Waals surface area contributed by atoms with Gasteiger partial charge < -0.3 is 19.5 Å². The van der Waals surface area contributed by atoms with Gasteiger partial charge in [0.15, 0.2) is 0 Å². The topological polar surface area (TPSA) is 102 Å². The minimum atomic E-state index is -1.16. The average molecular weight is 286 g/mol. The summed E-state index contributed by atoms with van der Waals surface area (Å²) in [6.45, 7) is 0. The second-order valence-corrected chi connectivity index (χ2v) is 4.50. The van der Waals surface area contributed by atoms with E-state index in [4.69, 9.17) is 14.5 Å². The Bertz CT molecular complexity index is 667. The molecule has 1 aliphatic rings. The van der Waals surface area contributed by atoms with Crippen molar-refractivity contribution in [2.45, 2.75) is 12.5 Å². The van der Waals surface area contributed by atoms with E-state index >= 15 is 0 Å². The molecule has 0 bridgehead atoms. The molecule has 0 fully saturated rings. The van der Waals surface area contributed by atoms with Crippen molar-refractivity contribution in [1.82, 2.24) is 9.97 Å². The van der Waals surface area contributed by atoms with Gasteiger partial charge in [-0.05, 0) is 29.2 Å². The predicted octanol–water partition coefficient (Wildman–Crippen LogP) is 0.502. The van der Waals surface area contributed by atoms with Crippen LogP contribution in [0.15, 0.2) is 36.7 Å². The molecule has 1 atom stereocenters. The summed E-state index contributed by atoms with van der Waals surface area (Å²) in [4.78, 5) is 18.6. The van der Waals surface area contributed by atoms with Crippen molar-refractivity contribution in [2.75, 3.05) is 0 Å². The van der Waals surface area contributed by atoms with E-state index in [-0.39, 0.29) is 12.4 Å². The van der Waals surface area contributed by atoms with Crippen molar-refractivity contribution in [2.24, 2.45) is 0 Å². The molecule has 0 saturated heterocycles. The van der Waals surface area contributed by atoms with Crippen LogP contribution < -0.4 is 10.2 Å². The summed E-state index contributed by atoms with van der Waals surface area (Å²) in [7, 11) is -1.16. The van der Waals surface area contributed by atoms with Gasteiger partial charge in [-0.25, -0.2) is 9.97 Å². The van der Waals surface area contributed by atoms with Crippen molar-refractivity contribution >= 4 is 18.6 Å². The quantitative estimate of drug-likeness (QED) is 0.789. The van der Waals surface area contributed by atoms with Crippen molar-refractivity contribution in [3.8, 4) is 11.8 Å². The summed E-state index contributed by atoms with van der Waals surface area (Å²) < 4.78 is 10.7. The number of fused-ring (bicyclic) bond motifs is 1. The van der Waals surface area contributed by atoms with Crippen LogP contribution in [0.2, 0.25) is 0 Å². The predicted molar refractivity (Wildman–Crippen MR) is 72.2 cm³/mol. The number of carboxylic acids is 1. The number of aliphatic carboxylic acids is 1. The number of carboxylic acid groups (broad SMARTS) is 1. The minimum Gasteiger partial charge on any atom is -0.481 e. The van der Waals surface area contributed by atoms with E-state index in [0.29, 0.717) is 16.8 Å². The van der Waals surface area contributed by atoms with Crippen molar-refractivity contribution < 1.29 is 24.3 Å². The van der Waals surface area contributed by atoms with Gasteiger partial charge in [0.05, 0.1) is 12.5 Å². The number of benzene rings is 1. The van der Waals surface area contributed by atoms with Crippen LogP contribution in [0.5, 0.6) is 11.8 Å². The third-order valence-electron chi connectivity index (χ3n) is 3.08. The van der Waals surface area contributed by atoms with Gasteiger partial charge in [-0.2, -0.15) is 0 Å². The number of hydrogen-bond donors (Lipinski definition) is 2. The van der Waals surface area contributed by atoms with Gasteiger partial charge in [-0.3, -0.25) is 4.79 Å². The Morgan fingerprint density at radius 1 is 1.38 bits per heavy atom. The maximum absolute atomic E-state index is 10.8. The summed E-state index contributed by atoms with van der Waals surface area (Å²) in [5, 5.41) is 18.7. The molecule has 2 heterocycles. The van der Waals surface area contributed by atoms with Gasteiger partial charge >= 0.3 is 19.1 Å². The smallest absolute Gasteiger partial charge is 0.481 e. The third-order valence-corrected chi connectivity index (χ3v) is 3.08. The SMILES string of the molecule is O=C(O)CC1OB(O)c2cc(Oc3ncccn3)ccc21. The molecule has 3 rings (SSSR count). The van der Waals surface area contributed by atoms with Crippen molar-refractivity contribution in [3.63, 3.8) is 0 Å². The molecule has 1 unspecified atom stereocenters. The van der Waals surface area contributed by atoms with Crippen LogP contribution in [0.25, 0.3) is 0 Å². The standard InChI is InChI=1S/C13H11BN2O5/c17-12(18)7-11-9-3-2-8(6-10(9)14(19)21-11)20-13-15-4-1-5-16-13/h1-6,11,19H,7H2,(H,17,18). The van der Waals surface area contributed by atoms with Crippen molar-refractivity contribution in [3.05, 3.63) is 42.2 Å². The highest BCUT2D eigenvalue weighted by Gasteiger charge is 2.36. The van der Waals surface area contributed by atoms with E-state index in [2.05, 4.69) is 9.97 Å². The maximum atomic E-state index is 10.8. The first-order valence-electron chi connectivity index (χ1n) is 6.27. The van der Waals surface area contributed by atoms with Crippen LogP contribution in [-0.4, -0.2) is 33.2 Å². The number of carbonyl (C=O) groups is 1. The molecule has 0 amide bonds.